The Kier molecular flexibility index (Phi) is 5.86. The van der Waals surface area contributed by atoms with Gasteiger partial charge in [-0.15, -0.1) is 0 Å². The quantitative estimate of drug-likeness (QED) is 0.798. The summed E-state index contributed by atoms with van der Waals surface area (Å²) in [4.78, 5) is 11.1. The molecule has 1 N–H and O–H groups in total. The van der Waals surface area contributed by atoms with E-state index in [0.717, 1.165) is 30.9 Å². The topological polar surface area (TPSA) is 41.1 Å². The summed E-state index contributed by atoms with van der Waals surface area (Å²) in [6, 6.07) is 7.33. The second kappa shape index (κ2) is 7.65. The number of nitrogens with zero attached hydrogens (tertiary/aromatic N) is 3. The first-order chi connectivity index (χ1) is 10.5. The molecule has 0 atom stereocenters. The van der Waals surface area contributed by atoms with E-state index >= 15 is 0 Å². The fourth-order valence-corrected chi connectivity index (χ4v) is 2.53. The minimum atomic E-state index is 0.494. The molecule has 0 spiro atoms. The van der Waals surface area contributed by atoms with Crippen molar-refractivity contribution in [1.29, 1.82) is 0 Å². The highest BCUT2D eigenvalue weighted by Crippen LogP contribution is 2.32. The van der Waals surface area contributed by atoms with Crippen LogP contribution in [0.2, 0.25) is 10.0 Å². The molecule has 0 bridgehead atoms. The van der Waals surface area contributed by atoms with Gasteiger partial charge in [-0.3, -0.25) is 0 Å². The van der Waals surface area contributed by atoms with Crippen molar-refractivity contribution in [3.63, 3.8) is 0 Å². The van der Waals surface area contributed by atoms with Crippen LogP contribution in [0.4, 0.5) is 17.5 Å². The van der Waals surface area contributed by atoms with Gasteiger partial charge in [0.25, 0.3) is 0 Å². The Morgan fingerprint density at radius 1 is 1.18 bits per heavy atom. The molecule has 0 aliphatic rings. The van der Waals surface area contributed by atoms with Gasteiger partial charge in [0.2, 0.25) is 5.95 Å². The molecule has 6 heteroatoms. The van der Waals surface area contributed by atoms with Crippen LogP contribution in [0.5, 0.6) is 0 Å². The highest BCUT2D eigenvalue weighted by molar-refractivity contribution is 6.39. The van der Waals surface area contributed by atoms with Gasteiger partial charge >= 0.3 is 0 Å². The van der Waals surface area contributed by atoms with Crippen molar-refractivity contribution in [2.45, 2.75) is 26.7 Å². The number of hydrogen-bond donors (Lipinski definition) is 1. The van der Waals surface area contributed by atoms with Gasteiger partial charge in [0, 0.05) is 25.4 Å². The van der Waals surface area contributed by atoms with Gasteiger partial charge in [-0.05, 0) is 25.5 Å². The third-order valence-corrected chi connectivity index (χ3v) is 3.91. The Balaban J connectivity index is 2.26. The lowest BCUT2D eigenvalue weighted by Crippen LogP contribution is -2.20. The van der Waals surface area contributed by atoms with Crippen LogP contribution in [0.1, 0.15) is 25.5 Å². The van der Waals surface area contributed by atoms with Crippen LogP contribution in [-0.2, 0) is 0 Å². The summed E-state index contributed by atoms with van der Waals surface area (Å²) in [7, 11) is 2.03. The highest BCUT2D eigenvalue weighted by Gasteiger charge is 2.10. The standard InChI is InChI=1S/C16H20Cl2N4/c1-4-5-9-22(3)14-10-11(2)19-16(20-14)21-15-12(17)7-6-8-13(15)18/h6-8,10H,4-5,9H2,1-3H3,(H,19,20,21). The number of halogens is 2. The molecule has 4 nitrogen and oxygen atoms in total. The van der Waals surface area contributed by atoms with Gasteiger partial charge in [-0.1, -0.05) is 42.6 Å². The molecule has 1 heterocycles. The predicted octanol–water partition coefficient (Wildman–Crippen LogP) is 5.07. The zero-order valence-electron chi connectivity index (χ0n) is 13.0. The molecule has 1 aromatic carbocycles. The molecule has 2 rings (SSSR count). The zero-order valence-corrected chi connectivity index (χ0v) is 14.5. The lowest BCUT2D eigenvalue weighted by atomic mass is 10.3. The number of aryl methyl sites for hydroxylation is 1. The molecule has 0 saturated heterocycles. The van der Waals surface area contributed by atoms with E-state index in [1.165, 1.54) is 0 Å². The van der Waals surface area contributed by atoms with Crippen molar-refractivity contribution in [3.05, 3.63) is 40.0 Å². The van der Waals surface area contributed by atoms with Gasteiger partial charge in [-0.25, -0.2) is 4.98 Å². The monoisotopic (exact) mass is 338 g/mol. The average Bonchev–Trinajstić information content (AvgIpc) is 2.48. The van der Waals surface area contributed by atoms with E-state index in [1.807, 2.05) is 20.0 Å². The molecule has 0 amide bonds. The van der Waals surface area contributed by atoms with E-state index in [2.05, 4.69) is 27.1 Å². The van der Waals surface area contributed by atoms with Crippen LogP contribution < -0.4 is 10.2 Å². The second-order valence-corrected chi connectivity index (χ2v) is 6.00. The highest BCUT2D eigenvalue weighted by atomic mass is 35.5. The summed E-state index contributed by atoms with van der Waals surface area (Å²) in [5.74, 6) is 1.37. The molecule has 22 heavy (non-hydrogen) atoms. The third-order valence-electron chi connectivity index (χ3n) is 3.28. The first-order valence-corrected chi connectivity index (χ1v) is 8.04. The minimum absolute atomic E-state index is 0.494. The molecule has 0 unspecified atom stereocenters. The van der Waals surface area contributed by atoms with Crippen molar-refractivity contribution < 1.29 is 0 Å². The lowest BCUT2D eigenvalue weighted by Gasteiger charge is -2.19. The number of rotatable bonds is 6. The summed E-state index contributed by atoms with van der Waals surface area (Å²) in [5, 5.41) is 4.20. The maximum atomic E-state index is 6.18. The van der Waals surface area contributed by atoms with Crippen molar-refractivity contribution in [3.8, 4) is 0 Å². The van der Waals surface area contributed by atoms with Crippen LogP contribution in [0.25, 0.3) is 0 Å². The van der Waals surface area contributed by atoms with Crippen LogP contribution in [-0.4, -0.2) is 23.6 Å². The lowest BCUT2D eigenvalue weighted by molar-refractivity contribution is 0.758. The maximum absolute atomic E-state index is 6.18. The van der Waals surface area contributed by atoms with Crippen LogP contribution >= 0.6 is 23.2 Å². The van der Waals surface area contributed by atoms with E-state index in [0.29, 0.717) is 21.7 Å². The number of aromatic nitrogens is 2. The van der Waals surface area contributed by atoms with Gasteiger partial charge in [-0.2, -0.15) is 4.98 Å². The predicted molar refractivity (Wildman–Crippen MR) is 94.7 cm³/mol. The normalized spacial score (nSPS) is 10.6. The zero-order chi connectivity index (χ0) is 16.1. The summed E-state index contributed by atoms with van der Waals surface area (Å²) >= 11 is 12.4. The van der Waals surface area contributed by atoms with Crippen molar-refractivity contribution >= 4 is 40.7 Å². The van der Waals surface area contributed by atoms with E-state index in [9.17, 15) is 0 Å². The summed E-state index contributed by atoms with van der Waals surface area (Å²) < 4.78 is 0. The van der Waals surface area contributed by atoms with Crippen molar-refractivity contribution in [1.82, 2.24) is 9.97 Å². The number of para-hydroxylation sites is 1. The molecule has 2 aromatic rings. The molecule has 0 fully saturated rings. The van der Waals surface area contributed by atoms with Gasteiger partial charge in [0.1, 0.15) is 5.82 Å². The summed E-state index contributed by atoms with van der Waals surface area (Å²) in [5.41, 5.74) is 1.51. The van der Waals surface area contributed by atoms with Gasteiger partial charge in [0.15, 0.2) is 0 Å². The summed E-state index contributed by atoms with van der Waals surface area (Å²) in [6.07, 6.45) is 2.27. The van der Waals surface area contributed by atoms with Crippen molar-refractivity contribution in [2.75, 3.05) is 23.8 Å². The third kappa shape index (κ3) is 4.24. The Morgan fingerprint density at radius 3 is 2.50 bits per heavy atom. The van der Waals surface area contributed by atoms with Gasteiger partial charge < -0.3 is 10.2 Å². The smallest absolute Gasteiger partial charge is 0.229 e. The SMILES string of the molecule is CCCCN(C)c1cc(C)nc(Nc2c(Cl)cccc2Cl)n1. The number of nitrogens with one attached hydrogen (secondary N) is 1. The first-order valence-electron chi connectivity index (χ1n) is 7.29. The second-order valence-electron chi connectivity index (χ2n) is 5.19. The number of hydrogen-bond acceptors (Lipinski definition) is 4. The minimum Gasteiger partial charge on any atom is -0.360 e. The maximum Gasteiger partial charge on any atom is 0.229 e. The van der Waals surface area contributed by atoms with Crippen LogP contribution in [0.15, 0.2) is 24.3 Å². The van der Waals surface area contributed by atoms with Gasteiger partial charge in [0.05, 0.1) is 15.7 Å². The average molecular weight is 339 g/mol. The molecular weight excluding hydrogens is 319 g/mol. The number of anilines is 3. The number of benzene rings is 1. The molecule has 0 aliphatic heterocycles. The molecule has 1 aromatic heterocycles. The fourth-order valence-electron chi connectivity index (χ4n) is 2.04. The Morgan fingerprint density at radius 2 is 1.86 bits per heavy atom. The molecule has 0 saturated carbocycles. The number of unbranched alkanes of at least 4 members (excludes halogenated alkanes) is 1. The molecular formula is C16H20Cl2N4. The van der Waals surface area contributed by atoms with Crippen LogP contribution in [0.3, 0.4) is 0 Å². The van der Waals surface area contributed by atoms with Crippen molar-refractivity contribution in [2.24, 2.45) is 0 Å². The molecule has 0 radical (unpaired) electrons. The van der Waals surface area contributed by atoms with E-state index in [1.54, 1.807) is 18.2 Å². The largest absolute Gasteiger partial charge is 0.360 e. The van der Waals surface area contributed by atoms with E-state index in [4.69, 9.17) is 23.2 Å². The Hall–Kier alpha value is -1.52. The Bertz CT molecular complexity index is 626. The van der Waals surface area contributed by atoms with E-state index < -0.39 is 0 Å². The van der Waals surface area contributed by atoms with Crippen LogP contribution in [0, 0.1) is 6.92 Å². The fraction of sp³-hybridized carbons (Fsp3) is 0.375. The van der Waals surface area contributed by atoms with E-state index in [-0.39, 0.29) is 0 Å². The summed E-state index contributed by atoms with van der Waals surface area (Å²) in [6.45, 7) is 5.07. The Labute approximate surface area is 141 Å². The first kappa shape index (κ1) is 16.8. The molecule has 118 valence electrons. The molecule has 0 aliphatic carbocycles.